The van der Waals surface area contributed by atoms with Crippen molar-refractivity contribution in [2.24, 2.45) is 22.7 Å². The van der Waals surface area contributed by atoms with Gasteiger partial charge in [0.2, 0.25) is 0 Å². The molecule has 0 radical (unpaired) electrons. The minimum absolute atomic E-state index is 0.0815. The van der Waals surface area contributed by atoms with E-state index >= 15 is 0 Å². The van der Waals surface area contributed by atoms with Gasteiger partial charge < -0.3 is 14.9 Å². The second kappa shape index (κ2) is 6.32. The van der Waals surface area contributed by atoms with Gasteiger partial charge in [-0.3, -0.25) is 4.79 Å². The zero-order valence-corrected chi connectivity index (χ0v) is 14.3. The summed E-state index contributed by atoms with van der Waals surface area (Å²) in [5.41, 5.74) is 1.23. The number of fused-ring (bicyclic) bond motifs is 1. The van der Waals surface area contributed by atoms with Crippen molar-refractivity contribution < 1.29 is 19.7 Å². The molecule has 0 amide bonds. The predicted molar refractivity (Wildman–Crippen MR) is 85.1 cm³/mol. The Kier molecular flexibility index (Phi) is 5.03. The quantitative estimate of drug-likeness (QED) is 0.619. The van der Waals surface area contributed by atoms with Gasteiger partial charge in [-0.25, -0.2) is 0 Å². The maximum absolute atomic E-state index is 12.6. The summed E-state index contributed by atoms with van der Waals surface area (Å²) in [5.74, 6) is -0.0272. The van der Waals surface area contributed by atoms with Crippen molar-refractivity contribution in [3.63, 3.8) is 0 Å². The SMILES string of the molecule is CC1=CC[C@@H]2C(C)(C)CCC[C@]2(C)[C@H]1C(=O)OC[C@H](O)CO. The number of ether oxygens (including phenoxy) is 1. The van der Waals surface area contributed by atoms with Crippen molar-refractivity contribution in [3.05, 3.63) is 11.6 Å². The second-order valence-corrected chi connectivity index (χ2v) is 7.98. The molecule has 0 heterocycles. The molecule has 0 aliphatic heterocycles. The predicted octanol–water partition coefficient (Wildman–Crippen LogP) is 2.68. The van der Waals surface area contributed by atoms with E-state index in [1.165, 1.54) is 6.42 Å². The van der Waals surface area contributed by atoms with Crippen LogP contribution in [0.4, 0.5) is 0 Å². The van der Waals surface area contributed by atoms with E-state index in [-0.39, 0.29) is 35.9 Å². The third-order valence-electron chi connectivity index (χ3n) is 5.93. The number of carbonyl (C=O) groups is 1. The molecule has 126 valence electrons. The number of aliphatic hydroxyl groups excluding tert-OH is 2. The van der Waals surface area contributed by atoms with E-state index in [0.717, 1.165) is 24.8 Å². The van der Waals surface area contributed by atoms with Crippen molar-refractivity contribution in [1.29, 1.82) is 0 Å². The molecule has 0 spiro atoms. The largest absolute Gasteiger partial charge is 0.462 e. The van der Waals surface area contributed by atoms with E-state index in [1.807, 2.05) is 6.92 Å². The highest BCUT2D eigenvalue weighted by molar-refractivity contribution is 5.77. The Bertz CT molecular complexity index is 454. The van der Waals surface area contributed by atoms with Crippen LogP contribution in [-0.4, -0.2) is 35.5 Å². The highest BCUT2D eigenvalue weighted by Crippen LogP contribution is 2.59. The maximum atomic E-state index is 12.6. The summed E-state index contributed by atoms with van der Waals surface area (Å²) < 4.78 is 5.30. The first-order chi connectivity index (χ1) is 10.2. The molecule has 4 atom stereocenters. The molecule has 2 aliphatic rings. The van der Waals surface area contributed by atoms with Crippen molar-refractivity contribution in [1.82, 2.24) is 0 Å². The fourth-order valence-electron chi connectivity index (χ4n) is 4.81. The monoisotopic (exact) mass is 310 g/mol. The van der Waals surface area contributed by atoms with E-state index in [0.29, 0.717) is 5.92 Å². The van der Waals surface area contributed by atoms with Crippen molar-refractivity contribution in [3.8, 4) is 0 Å². The molecule has 2 N–H and O–H groups in total. The molecule has 2 aliphatic carbocycles. The van der Waals surface area contributed by atoms with Crippen LogP contribution in [0.5, 0.6) is 0 Å². The highest BCUT2D eigenvalue weighted by Gasteiger charge is 2.54. The summed E-state index contributed by atoms with van der Waals surface area (Å²) in [7, 11) is 0. The average molecular weight is 310 g/mol. The zero-order chi connectivity index (χ0) is 16.5. The van der Waals surface area contributed by atoms with Crippen molar-refractivity contribution >= 4 is 5.97 Å². The normalized spacial score (nSPS) is 35.3. The number of carbonyl (C=O) groups excluding carboxylic acids is 1. The van der Waals surface area contributed by atoms with Crippen LogP contribution in [0.1, 0.15) is 53.4 Å². The van der Waals surface area contributed by atoms with Gasteiger partial charge in [0.15, 0.2) is 0 Å². The average Bonchev–Trinajstić information content (AvgIpc) is 2.43. The molecule has 0 aromatic rings. The number of esters is 1. The lowest BCUT2D eigenvalue weighted by Crippen LogP contribution is -2.51. The summed E-state index contributed by atoms with van der Waals surface area (Å²) >= 11 is 0. The van der Waals surface area contributed by atoms with Gasteiger partial charge in [0.05, 0.1) is 12.5 Å². The summed E-state index contributed by atoms with van der Waals surface area (Å²) in [6.07, 6.45) is 5.59. The maximum Gasteiger partial charge on any atom is 0.313 e. The first-order valence-corrected chi connectivity index (χ1v) is 8.34. The first kappa shape index (κ1) is 17.5. The molecule has 0 aromatic carbocycles. The molecule has 2 rings (SSSR count). The van der Waals surface area contributed by atoms with Gasteiger partial charge in [0, 0.05) is 0 Å². The van der Waals surface area contributed by atoms with Gasteiger partial charge in [-0.1, -0.05) is 38.8 Å². The standard InChI is InChI=1S/C18H30O4/c1-12-6-7-14-17(2,3)8-5-9-18(14,4)15(12)16(21)22-11-13(20)10-19/h6,13-15,19-20H,5,7-11H2,1-4H3/t13-,14-,15-,18+/m1/s1. The van der Waals surface area contributed by atoms with Crippen molar-refractivity contribution in [2.45, 2.75) is 59.5 Å². The Balaban J connectivity index is 2.23. The lowest BCUT2D eigenvalue weighted by molar-refractivity contribution is -0.161. The van der Waals surface area contributed by atoms with Gasteiger partial charge in [-0.15, -0.1) is 0 Å². The Morgan fingerprint density at radius 3 is 2.73 bits per heavy atom. The number of allylic oxidation sites excluding steroid dienone is 1. The van der Waals surface area contributed by atoms with E-state index in [4.69, 9.17) is 9.84 Å². The molecule has 22 heavy (non-hydrogen) atoms. The smallest absolute Gasteiger partial charge is 0.313 e. The third-order valence-corrected chi connectivity index (χ3v) is 5.93. The van der Waals surface area contributed by atoms with Crippen LogP contribution in [0.15, 0.2) is 11.6 Å². The molecular formula is C18H30O4. The van der Waals surface area contributed by atoms with Gasteiger partial charge in [0.25, 0.3) is 0 Å². The van der Waals surface area contributed by atoms with Crippen LogP contribution in [0, 0.1) is 22.7 Å². The van der Waals surface area contributed by atoms with E-state index in [9.17, 15) is 9.90 Å². The number of hydrogen-bond donors (Lipinski definition) is 2. The Morgan fingerprint density at radius 2 is 2.09 bits per heavy atom. The molecule has 0 unspecified atom stereocenters. The van der Waals surface area contributed by atoms with E-state index in [1.54, 1.807) is 0 Å². The number of rotatable bonds is 4. The summed E-state index contributed by atoms with van der Waals surface area (Å²) in [6.45, 7) is 8.33. The number of hydrogen-bond acceptors (Lipinski definition) is 4. The van der Waals surface area contributed by atoms with Crippen LogP contribution >= 0.6 is 0 Å². The fourth-order valence-corrected chi connectivity index (χ4v) is 4.81. The lowest BCUT2D eigenvalue weighted by Gasteiger charge is -2.55. The van der Waals surface area contributed by atoms with E-state index in [2.05, 4.69) is 26.8 Å². The topological polar surface area (TPSA) is 66.8 Å². The Hall–Kier alpha value is -0.870. The van der Waals surface area contributed by atoms with Crippen LogP contribution in [-0.2, 0) is 9.53 Å². The van der Waals surface area contributed by atoms with Gasteiger partial charge in [-0.05, 0) is 42.9 Å². The molecule has 1 fully saturated rings. The van der Waals surface area contributed by atoms with Crippen LogP contribution in [0.3, 0.4) is 0 Å². The van der Waals surface area contributed by atoms with Gasteiger partial charge >= 0.3 is 5.97 Å². The summed E-state index contributed by atoms with van der Waals surface area (Å²) in [4.78, 5) is 12.6. The summed E-state index contributed by atoms with van der Waals surface area (Å²) in [5, 5.41) is 18.3. The minimum Gasteiger partial charge on any atom is -0.462 e. The molecule has 4 nitrogen and oxygen atoms in total. The van der Waals surface area contributed by atoms with Crippen LogP contribution < -0.4 is 0 Å². The minimum atomic E-state index is -0.997. The first-order valence-electron chi connectivity index (χ1n) is 8.34. The van der Waals surface area contributed by atoms with Crippen LogP contribution in [0.2, 0.25) is 0 Å². The Labute approximate surface area is 133 Å². The Morgan fingerprint density at radius 1 is 1.41 bits per heavy atom. The molecule has 0 aromatic heterocycles. The molecule has 1 saturated carbocycles. The van der Waals surface area contributed by atoms with Gasteiger partial charge in [0.1, 0.15) is 12.7 Å². The molecular weight excluding hydrogens is 280 g/mol. The fraction of sp³-hybridized carbons (Fsp3) is 0.833. The van der Waals surface area contributed by atoms with Crippen molar-refractivity contribution in [2.75, 3.05) is 13.2 Å². The number of aliphatic hydroxyl groups is 2. The zero-order valence-electron chi connectivity index (χ0n) is 14.3. The van der Waals surface area contributed by atoms with E-state index < -0.39 is 6.10 Å². The molecule has 0 saturated heterocycles. The van der Waals surface area contributed by atoms with Gasteiger partial charge in [-0.2, -0.15) is 0 Å². The highest BCUT2D eigenvalue weighted by atomic mass is 16.5. The van der Waals surface area contributed by atoms with Crippen LogP contribution in [0.25, 0.3) is 0 Å². The third kappa shape index (κ3) is 3.09. The molecule has 0 bridgehead atoms. The second-order valence-electron chi connectivity index (χ2n) is 7.98. The summed E-state index contributed by atoms with van der Waals surface area (Å²) in [6, 6.07) is 0. The molecule has 4 heteroatoms. The lowest BCUT2D eigenvalue weighted by atomic mass is 9.49.